The molecule has 1 heterocycles. The van der Waals surface area contributed by atoms with E-state index in [1.54, 1.807) is 18.9 Å². The van der Waals surface area contributed by atoms with Crippen LogP contribution in [0.25, 0.3) is 0 Å². The summed E-state index contributed by atoms with van der Waals surface area (Å²) in [7, 11) is 1.78. The molecule has 0 saturated carbocycles. The van der Waals surface area contributed by atoms with Crippen molar-refractivity contribution >= 4 is 17.5 Å². The monoisotopic (exact) mass is 275 g/mol. The Kier molecular flexibility index (Phi) is 4.09. The van der Waals surface area contributed by atoms with E-state index in [9.17, 15) is 9.59 Å². The first kappa shape index (κ1) is 14.5. The first-order chi connectivity index (χ1) is 9.43. The maximum atomic E-state index is 11.8. The van der Waals surface area contributed by atoms with Crippen LogP contribution in [0.1, 0.15) is 31.0 Å². The molecule has 3 N–H and O–H groups in total. The third kappa shape index (κ3) is 2.67. The average Bonchev–Trinajstić information content (AvgIpc) is 2.72. The topological polar surface area (TPSA) is 75.4 Å². The highest BCUT2D eigenvalue weighted by Gasteiger charge is 2.25. The fourth-order valence-corrected chi connectivity index (χ4v) is 2.31. The van der Waals surface area contributed by atoms with E-state index in [0.717, 1.165) is 16.8 Å². The van der Waals surface area contributed by atoms with Crippen LogP contribution in [-0.4, -0.2) is 25.4 Å². The number of fused-ring (bicyclic) bond motifs is 1. The Labute approximate surface area is 119 Å². The number of anilines is 1. The molecule has 0 spiro atoms. The molecule has 20 heavy (non-hydrogen) atoms. The molecule has 1 aliphatic rings. The molecule has 1 aliphatic heterocycles. The molecule has 5 heteroatoms. The van der Waals surface area contributed by atoms with Crippen molar-refractivity contribution in [3.63, 3.8) is 0 Å². The minimum Gasteiger partial charge on any atom is -0.349 e. The lowest BCUT2D eigenvalue weighted by atomic mass is 10.0. The lowest BCUT2D eigenvalue weighted by Crippen LogP contribution is -2.34. The van der Waals surface area contributed by atoms with Crippen LogP contribution >= 0.6 is 0 Å². The summed E-state index contributed by atoms with van der Waals surface area (Å²) in [6.07, 6.45) is 0.430. The van der Waals surface area contributed by atoms with Crippen LogP contribution in [0.3, 0.4) is 0 Å². The smallest absolute Gasteiger partial charge is 0.231 e. The van der Waals surface area contributed by atoms with Gasteiger partial charge in [-0.2, -0.15) is 0 Å². The largest absolute Gasteiger partial charge is 0.349 e. The Balaban J connectivity index is 2.13. The predicted molar refractivity (Wildman–Crippen MR) is 78.3 cm³/mol. The molecular weight excluding hydrogens is 254 g/mol. The van der Waals surface area contributed by atoms with E-state index >= 15 is 0 Å². The standard InChI is InChI=1S/C15H21N3O2/c1-9(8-16)15(20)17-10(2)11-4-5-13-12(6-11)7-14(19)18(13)3/h4-6,9-10H,7-8,16H2,1-3H3,(H,17,20). The van der Waals surface area contributed by atoms with Crippen molar-refractivity contribution in [3.05, 3.63) is 29.3 Å². The maximum Gasteiger partial charge on any atom is 0.231 e. The molecule has 0 aliphatic carbocycles. The van der Waals surface area contributed by atoms with Crippen molar-refractivity contribution < 1.29 is 9.59 Å². The quantitative estimate of drug-likeness (QED) is 0.860. The fraction of sp³-hybridized carbons (Fsp3) is 0.467. The van der Waals surface area contributed by atoms with Crippen LogP contribution in [0.5, 0.6) is 0 Å². The zero-order valence-electron chi connectivity index (χ0n) is 12.1. The highest BCUT2D eigenvalue weighted by Crippen LogP contribution is 2.30. The van der Waals surface area contributed by atoms with E-state index in [1.165, 1.54) is 0 Å². The van der Waals surface area contributed by atoms with E-state index in [-0.39, 0.29) is 23.8 Å². The van der Waals surface area contributed by atoms with Crippen LogP contribution in [0.4, 0.5) is 5.69 Å². The summed E-state index contributed by atoms with van der Waals surface area (Å²) in [6, 6.07) is 5.79. The Morgan fingerprint density at radius 3 is 2.80 bits per heavy atom. The van der Waals surface area contributed by atoms with Gasteiger partial charge in [-0.15, -0.1) is 0 Å². The van der Waals surface area contributed by atoms with E-state index in [4.69, 9.17) is 5.73 Å². The Morgan fingerprint density at radius 1 is 1.45 bits per heavy atom. The Bertz CT molecular complexity index is 542. The first-order valence-corrected chi connectivity index (χ1v) is 6.84. The molecule has 0 fully saturated rings. The van der Waals surface area contributed by atoms with Gasteiger partial charge in [0.15, 0.2) is 0 Å². The van der Waals surface area contributed by atoms with Gasteiger partial charge in [-0.05, 0) is 24.1 Å². The second kappa shape index (κ2) is 5.63. The van der Waals surface area contributed by atoms with Gasteiger partial charge in [0.25, 0.3) is 0 Å². The average molecular weight is 275 g/mol. The minimum atomic E-state index is -0.195. The molecule has 2 atom stereocenters. The van der Waals surface area contributed by atoms with Crippen LogP contribution < -0.4 is 16.0 Å². The van der Waals surface area contributed by atoms with Gasteiger partial charge in [0.1, 0.15) is 0 Å². The van der Waals surface area contributed by atoms with Crippen molar-refractivity contribution in [1.82, 2.24) is 5.32 Å². The molecule has 0 saturated heterocycles. The molecule has 2 unspecified atom stereocenters. The molecular formula is C15H21N3O2. The second-order valence-corrected chi connectivity index (χ2v) is 5.38. The molecule has 0 aromatic heterocycles. The van der Waals surface area contributed by atoms with E-state index < -0.39 is 0 Å². The number of benzene rings is 1. The molecule has 1 aromatic carbocycles. The Hall–Kier alpha value is -1.88. The van der Waals surface area contributed by atoms with Gasteiger partial charge < -0.3 is 16.0 Å². The van der Waals surface area contributed by atoms with Crippen molar-refractivity contribution in [2.75, 3.05) is 18.5 Å². The normalized spacial score (nSPS) is 16.8. The fourth-order valence-electron chi connectivity index (χ4n) is 2.31. The van der Waals surface area contributed by atoms with Gasteiger partial charge in [-0.3, -0.25) is 9.59 Å². The number of carbonyl (C=O) groups excluding carboxylic acids is 2. The zero-order valence-corrected chi connectivity index (χ0v) is 12.1. The number of hydrogen-bond acceptors (Lipinski definition) is 3. The highest BCUT2D eigenvalue weighted by molar-refractivity contribution is 6.00. The Morgan fingerprint density at radius 2 is 2.15 bits per heavy atom. The first-order valence-electron chi connectivity index (χ1n) is 6.84. The van der Waals surface area contributed by atoms with Gasteiger partial charge >= 0.3 is 0 Å². The predicted octanol–water partition coefficient (Wildman–Crippen LogP) is 0.977. The maximum absolute atomic E-state index is 11.8. The van der Waals surface area contributed by atoms with Crippen LogP contribution in [0, 0.1) is 5.92 Å². The summed E-state index contributed by atoms with van der Waals surface area (Å²) in [4.78, 5) is 25.2. The van der Waals surface area contributed by atoms with Crippen LogP contribution in [0.2, 0.25) is 0 Å². The highest BCUT2D eigenvalue weighted by atomic mass is 16.2. The van der Waals surface area contributed by atoms with Gasteiger partial charge in [0.2, 0.25) is 11.8 Å². The molecule has 1 aromatic rings. The molecule has 0 radical (unpaired) electrons. The number of nitrogens with two attached hydrogens (primary N) is 1. The number of nitrogens with zero attached hydrogens (tertiary/aromatic N) is 1. The lowest BCUT2D eigenvalue weighted by Gasteiger charge is -2.18. The molecule has 0 bridgehead atoms. The third-order valence-electron chi connectivity index (χ3n) is 3.84. The van der Waals surface area contributed by atoms with Gasteiger partial charge in [0, 0.05) is 25.2 Å². The number of likely N-dealkylation sites (N-methyl/N-ethyl adjacent to an activating group) is 1. The van der Waals surface area contributed by atoms with Gasteiger partial charge in [0.05, 0.1) is 12.5 Å². The van der Waals surface area contributed by atoms with Crippen molar-refractivity contribution in [2.45, 2.75) is 26.3 Å². The summed E-state index contributed by atoms with van der Waals surface area (Å²) in [6.45, 7) is 4.07. The van der Waals surface area contributed by atoms with Crippen LogP contribution in [0.15, 0.2) is 18.2 Å². The second-order valence-electron chi connectivity index (χ2n) is 5.38. The summed E-state index contributed by atoms with van der Waals surface area (Å²) >= 11 is 0. The molecule has 2 amide bonds. The van der Waals surface area contributed by atoms with E-state index in [2.05, 4.69) is 5.32 Å². The number of amides is 2. The number of carbonyl (C=O) groups is 2. The summed E-state index contributed by atoms with van der Waals surface area (Å²) in [5.41, 5.74) is 8.46. The number of nitrogens with one attached hydrogen (secondary N) is 1. The number of hydrogen-bond donors (Lipinski definition) is 2. The minimum absolute atomic E-state index is 0.0475. The van der Waals surface area contributed by atoms with E-state index in [1.807, 2.05) is 25.1 Å². The molecule has 108 valence electrons. The number of rotatable bonds is 4. The van der Waals surface area contributed by atoms with Crippen LogP contribution in [-0.2, 0) is 16.0 Å². The molecule has 5 nitrogen and oxygen atoms in total. The van der Waals surface area contributed by atoms with Gasteiger partial charge in [-0.25, -0.2) is 0 Å². The van der Waals surface area contributed by atoms with Crippen molar-refractivity contribution in [1.29, 1.82) is 0 Å². The summed E-state index contributed by atoms with van der Waals surface area (Å²) < 4.78 is 0. The summed E-state index contributed by atoms with van der Waals surface area (Å²) in [5, 5.41) is 2.94. The lowest BCUT2D eigenvalue weighted by molar-refractivity contribution is -0.124. The molecule has 2 rings (SSSR count). The van der Waals surface area contributed by atoms with Crippen molar-refractivity contribution in [2.24, 2.45) is 11.7 Å². The van der Waals surface area contributed by atoms with Gasteiger partial charge in [-0.1, -0.05) is 19.1 Å². The van der Waals surface area contributed by atoms with E-state index in [0.29, 0.717) is 13.0 Å². The SMILES string of the molecule is CC(CN)C(=O)NC(C)c1ccc2c(c1)CC(=O)N2C. The zero-order chi connectivity index (χ0) is 14.9. The van der Waals surface area contributed by atoms with Crippen molar-refractivity contribution in [3.8, 4) is 0 Å². The summed E-state index contributed by atoms with van der Waals surface area (Å²) in [5.74, 6) is -0.140. The third-order valence-corrected chi connectivity index (χ3v) is 3.84.